The summed E-state index contributed by atoms with van der Waals surface area (Å²) < 4.78 is 0. The minimum Gasteiger partial charge on any atom is -0.314 e. The Bertz CT molecular complexity index is 161. The lowest BCUT2D eigenvalue weighted by Gasteiger charge is -2.29. The van der Waals surface area contributed by atoms with Gasteiger partial charge in [0.25, 0.3) is 0 Å². The highest BCUT2D eigenvalue weighted by Crippen LogP contribution is 2.25. The smallest absolute Gasteiger partial charge is 0.00671 e. The fourth-order valence-electron chi connectivity index (χ4n) is 2.13. The largest absolute Gasteiger partial charge is 0.314 e. The van der Waals surface area contributed by atoms with Gasteiger partial charge in [0.2, 0.25) is 0 Å². The molecule has 0 bridgehead atoms. The van der Waals surface area contributed by atoms with Crippen LogP contribution >= 0.6 is 0 Å². The van der Waals surface area contributed by atoms with Crippen molar-refractivity contribution in [2.75, 3.05) is 6.54 Å². The van der Waals surface area contributed by atoms with Crippen LogP contribution in [-0.4, -0.2) is 12.6 Å². The number of hydrogen-bond donors (Lipinski definition) is 1. The molecule has 1 nitrogen and oxygen atoms in total. The van der Waals surface area contributed by atoms with Crippen molar-refractivity contribution in [1.82, 2.24) is 5.32 Å². The predicted molar refractivity (Wildman–Crippen MR) is 68.1 cm³/mol. The predicted octanol–water partition coefficient (Wildman–Crippen LogP) is 3.98. The zero-order valence-corrected chi connectivity index (χ0v) is 11.1. The van der Waals surface area contributed by atoms with Crippen molar-refractivity contribution < 1.29 is 0 Å². The van der Waals surface area contributed by atoms with Gasteiger partial charge in [0.1, 0.15) is 0 Å². The average molecular weight is 211 g/mol. The van der Waals surface area contributed by atoms with Gasteiger partial charge in [-0.25, -0.2) is 0 Å². The van der Waals surface area contributed by atoms with E-state index in [1.54, 1.807) is 0 Å². The van der Waals surface area contributed by atoms with Gasteiger partial charge in [-0.05, 0) is 30.7 Å². The van der Waals surface area contributed by atoms with E-state index in [0.717, 1.165) is 12.0 Å². The van der Waals surface area contributed by atoms with E-state index in [1.807, 2.05) is 0 Å². The molecule has 1 N–H and O–H groups in total. The molecule has 1 unspecified atom stereocenters. The number of rotatable bonds is 3. The molecular formula is C14H29N. The standard InChI is InChI=1S/C14H29N/c1-12(14(2,3)4)11-15-13-9-7-5-6-8-10-13/h12-13,15H,5-11H2,1-4H3. The summed E-state index contributed by atoms with van der Waals surface area (Å²) in [5.41, 5.74) is 0.442. The van der Waals surface area contributed by atoms with Crippen LogP contribution in [0, 0.1) is 11.3 Å². The molecule has 15 heavy (non-hydrogen) atoms. The minimum atomic E-state index is 0.442. The van der Waals surface area contributed by atoms with Gasteiger partial charge in [-0.15, -0.1) is 0 Å². The van der Waals surface area contributed by atoms with Gasteiger partial charge in [-0.3, -0.25) is 0 Å². The summed E-state index contributed by atoms with van der Waals surface area (Å²) in [6.07, 6.45) is 8.57. The van der Waals surface area contributed by atoms with Crippen molar-refractivity contribution >= 4 is 0 Å². The van der Waals surface area contributed by atoms with Crippen LogP contribution in [0.5, 0.6) is 0 Å². The second-order valence-corrected chi connectivity index (χ2v) is 6.36. The molecular weight excluding hydrogens is 182 g/mol. The van der Waals surface area contributed by atoms with E-state index >= 15 is 0 Å². The highest BCUT2D eigenvalue weighted by molar-refractivity contribution is 4.76. The number of hydrogen-bond acceptors (Lipinski definition) is 1. The van der Waals surface area contributed by atoms with Crippen LogP contribution < -0.4 is 5.32 Å². The molecule has 1 fully saturated rings. The summed E-state index contributed by atoms with van der Waals surface area (Å²) in [5, 5.41) is 3.77. The monoisotopic (exact) mass is 211 g/mol. The van der Waals surface area contributed by atoms with Gasteiger partial charge in [0, 0.05) is 6.04 Å². The maximum Gasteiger partial charge on any atom is 0.00671 e. The highest BCUT2D eigenvalue weighted by Gasteiger charge is 2.21. The Hall–Kier alpha value is -0.0400. The van der Waals surface area contributed by atoms with E-state index < -0.39 is 0 Å². The molecule has 1 aliphatic rings. The number of nitrogens with one attached hydrogen (secondary N) is 1. The van der Waals surface area contributed by atoms with Crippen LogP contribution in [0.3, 0.4) is 0 Å². The van der Waals surface area contributed by atoms with Gasteiger partial charge in [-0.2, -0.15) is 0 Å². The van der Waals surface area contributed by atoms with E-state index in [-0.39, 0.29) is 0 Å². The lowest BCUT2D eigenvalue weighted by Crippen LogP contribution is -2.36. The lowest BCUT2D eigenvalue weighted by atomic mass is 9.82. The average Bonchev–Trinajstić information content (AvgIpc) is 2.40. The Morgan fingerprint density at radius 2 is 1.60 bits per heavy atom. The van der Waals surface area contributed by atoms with E-state index in [2.05, 4.69) is 33.0 Å². The van der Waals surface area contributed by atoms with E-state index in [9.17, 15) is 0 Å². The first-order valence-electron chi connectivity index (χ1n) is 6.73. The molecule has 1 saturated carbocycles. The van der Waals surface area contributed by atoms with Crippen LogP contribution in [0.1, 0.15) is 66.2 Å². The quantitative estimate of drug-likeness (QED) is 0.696. The molecule has 0 aliphatic heterocycles. The Morgan fingerprint density at radius 3 is 2.07 bits per heavy atom. The molecule has 1 heteroatoms. The summed E-state index contributed by atoms with van der Waals surface area (Å²) in [6, 6.07) is 0.803. The van der Waals surface area contributed by atoms with Crippen molar-refractivity contribution in [3.8, 4) is 0 Å². The molecule has 90 valence electrons. The first-order valence-corrected chi connectivity index (χ1v) is 6.73. The van der Waals surface area contributed by atoms with Gasteiger partial charge in [0.05, 0.1) is 0 Å². The maximum absolute atomic E-state index is 3.77. The van der Waals surface area contributed by atoms with Crippen LogP contribution in [0.4, 0.5) is 0 Å². The summed E-state index contributed by atoms with van der Waals surface area (Å²) >= 11 is 0. The van der Waals surface area contributed by atoms with E-state index in [4.69, 9.17) is 0 Å². The fourth-order valence-corrected chi connectivity index (χ4v) is 2.13. The molecule has 0 spiro atoms. The van der Waals surface area contributed by atoms with Crippen LogP contribution in [0.15, 0.2) is 0 Å². The molecule has 0 heterocycles. The lowest BCUT2D eigenvalue weighted by molar-refractivity contribution is 0.242. The maximum atomic E-state index is 3.77. The van der Waals surface area contributed by atoms with Crippen molar-refractivity contribution in [3.63, 3.8) is 0 Å². The zero-order valence-electron chi connectivity index (χ0n) is 11.1. The first-order chi connectivity index (χ1) is 7.00. The van der Waals surface area contributed by atoms with Gasteiger partial charge >= 0.3 is 0 Å². The van der Waals surface area contributed by atoms with Crippen molar-refractivity contribution in [3.05, 3.63) is 0 Å². The third-order valence-electron chi connectivity index (χ3n) is 4.05. The molecule has 0 saturated heterocycles. The third kappa shape index (κ3) is 5.01. The molecule has 0 amide bonds. The van der Waals surface area contributed by atoms with Gasteiger partial charge in [0.15, 0.2) is 0 Å². The minimum absolute atomic E-state index is 0.442. The Balaban J connectivity index is 2.23. The summed E-state index contributed by atoms with van der Waals surface area (Å²) in [4.78, 5) is 0. The first kappa shape index (κ1) is 13.0. The normalized spacial score (nSPS) is 22.4. The Kier molecular flexibility index (Phi) is 5.11. The third-order valence-corrected chi connectivity index (χ3v) is 4.05. The van der Waals surface area contributed by atoms with Crippen molar-refractivity contribution in [2.24, 2.45) is 11.3 Å². The van der Waals surface area contributed by atoms with Crippen molar-refractivity contribution in [1.29, 1.82) is 0 Å². The fraction of sp³-hybridized carbons (Fsp3) is 1.00. The summed E-state index contributed by atoms with van der Waals surface area (Å²) in [7, 11) is 0. The summed E-state index contributed by atoms with van der Waals surface area (Å²) in [5.74, 6) is 0.765. The van der Waals surface area contributed by atoms with Gasteiger partial charge in [-0.1, -0.05) is 53.4 Å². The van der Waals surface area contributed by atoms with Crippen LogP contribution in [-0.2, 0) is 0 Å². The van der Waals surface area contributed by atoms with Crippen LogP contribution in [0.25, 0.3) is 0 Å². The molecule has 1 rings (SSSR count). The van der Waals surface area contributed by atoms with E-state index in [1.165, 1.54) is 45.1 Å². The second kappa shape index (κ2) is 5.89. The molecule has 1 atom stereocenters. The second-order valence-electron chi connectivity index (χ2n) is 6.36. The van der Waals surface area contributed by atoms with Gasteiger partial charge < -0.3 is 5.32 Å². The van der Waals surface area contributed by atoms with E-state index in [0.29, 0.717) is 5.41 Å². The Labute approximate surface area is 96.0 Å². The topological polar surface area (TPSA) is 12.0 Å². The molecule has 0 radical (unpaired) electrons. The van der Waals surface area contributed by atoms with Crippen molar-refractivity contribution in [2.45, 2.75) is 72.3 Å². The van der Waals surface area contributed by atoms with Crippen LogP contribution in [0.2, 0.25) is 0 Å². The molecule has 1 aliphatic carbocycles. The highest BCUT2D eigenvalue weighted by atomic mass is 14.9. The zero-order chi connectivity index (χ0) is 11.3. The molecule has 0 aromatic heterocycles. The molecule has 0 aromatic rings. The summed E-state index contributed by atoms with van der Waals surface area (Å²) in [6.45, 7) is 10.6. The Morgan fingerprint density at radius 1 is 1.07 bits per heavy atom. The molecule has 0 aromatic carbocycles. The SMILES string of the molecule is CC(CNC1CCCCCC1)C(C)(C)C.